The summed E-state index contributed by atoms with van der Waals surface area (Å²) < 4.78 is 5.26. The monoisotopic (exact) mass is 482 g/mol. The SMILES string of the molecule is COc1cccc(N2C[C@@H](C(=O)N3CCc4nc(NC(=O)c5cccs5)sc4C3)CC2=O)c1. The highest BCUT2D eigenvalue weighted by atomic mass is 32.1. The Hall–Kier alpha value is -3.24. The van der Waals surface area contributed by atoms with Crippen molar-refractivity contribution < 1.29 is 19.1 Å². The van der Waals surface area contributed by atoms with Gasteiger partial charge in [0.2, 0.25) is 11.8 Å². The molecule has 0 aliphatic carbocycles. The van der Waals surface area contributed by atoms with Crippen LogP contribution in [0.25, 0.3) is 0 Å². The van der Waals surface area contributed by atoms with Gasteiger partial charge in [0.1, 0.15) is 5.75 Å². The van der Waals surface area contributed by atoms with E-state index < -0.39 is 0 Å². The lowest BCUT2D eigenvalue weighted by atomic mass is 10.1. The summed E-state index contributed by atoms with van der Waals surface area (Å²) in [7, 11) is 1.58. The van der Waals surface area contributed by atoms with Gasteiger partial charge in [-0.25, -0.2) is 4.98 Å². The normalized spacial score (nSPS) is 17.7. The molecule has 2 aromatic heterocycles. The number of rotatable bonds is 5. The van der Waals surface area contributed by atoms with Crippen LogP contribution >= 0.6 is 22.7 Å². The average molecular weight is 483 g/mol. The predicted molar refractivity (Wildman–Crippen MR) is 127 cm³/mol. The Morgan fingerprint density at radius 3 is 2.91 bits per heavy atom. The Morgan fingerprint density at radius 2 is 2.12 bits per heavy atom. The van der Waals surface area contributed by atoms with E-state index in [2.05, 4.69) is 10.3 Å². The van der Waals surface area contributed by atoms with Gasteiger partial charge in [0.25, 0.3) is 5.91 Å². The fraction of sp³-hybridized carbons (Fsp3) is 0.304. The summed E-state index contributed by atoms with van der Waals surface area (Å²) in [6, 6.07) is 10.9. The minimum atomic E-state index is -0.379. The number of nitrogens with one attached hydrogen (secondary N) is 1. The average Bonchev–Trinajstić information content (AvgIpc) is 3.57. The van der Waals surface area contributed by atoms with Gasteiger partial charge in [-0.2, -0.15) is 0 Å². The van der Waals surface area contributed by atoms with Crippen molar-refractivity contribution in [3.8, 4) is 5.75 Å². The number of hydrogen-bond acceptors (Lipinski definition) is 7. The maximum absolute atomic E-state index is 13.2. The number of nitrogens with zero attached hydrogens (tertiary/aromatic N) is 3. The van der Waals surface area contributed by atoms with Crippen LogP contribution in [0.1, 0.15) is 26.7 Å². The Morgan fingerprint density at radius 1 is 1.24 bits per heavy atom. The standard InChI is InChI=1S/C23H22N4O4S2/c1-31-16-5-2-4-15(11-16)27-12-14(10-20(27)28)22(30)26-8-7-17-19(13-26)33-23(24-17)25-21(29)18-6-3-9-32-18/h2-6,9,11,14H,7-8,10,12-13H2,1H3,(H,24,25,29)/t14-/m0/s1. The van der Waals surface area contributed by atoms with E-state index in [4.69, 9.17) is 4.74 Å². The van der Waals surface area contributed by atoms with Gasteiger partial charge < -0.3 is 14.5 Å². The van der Waals surface area contributed by atoms with E-state index in [1.807, 2.05) is 29.6 Å². The zero-order chi connectivity index (χ0) is 22.9. The molecule has 0 saturated carbocycles. The molecule has 8 nitrogen and oxygen atoms in total. The highest BCUT2D eigenvalue weighted by Gasteiger charge is 2.38. The molecule has 3 aromatic rings. The molecule has 5 rings (SSSR count). The van der Waals surface area contributed by atoms with Crippen LogP contribution in [0, 0.1) is 5.92 Å². The largest absolute Gasteiger partial charge is 0.497 e. The molecular formula is C23H22N4O4S2. The van der Waals surface area contributed by atoms with E-state index in [0.717, 1.165) is 16.3 Å². The van der Waals surface area contributed by atoms with Crippen LogP contribution in [0.5, 0.6) is 5.75 Å². The number of hydrogen-bond donors (Lipinski definition) is 1. The first-order valence-corrected chi connectivity index (χ1v) is 12.3. The van der Waals surface area contributed by atoms with Crippen LogP contribution in [-0.4, -0.2) is 47.8 Å². The fourth-order valence-corrected chi connectivity index (χ4v) is 5.80. The molecule has 1 fully saturated rings. The van der Waals surface area contributed by atoms with Crippen molar-refractivity contribution in [2.24, 2.45) is 5.92 Å². The van der Waals surface area contributed by atoms with E-state index >= 15 is 0 Å². The second kappa shape index (κ2) is 8.95. The molecule has 0 unspecified atom stereocenters. The number of anilines is 2. The van der Waals surface area contributed by atoms with E-state index in [1.165, 1.54) is 22.7 Å². The van der Waals surface area contributed by atoms with Gasteiger partial charge in [-0.3, -0.25) is 19.7 Å². The topological polar surface area (TPSA) is 91.8 Å². The molecule has 4 heterocycles. The van der Waals surface area contributed by atoms with E-state index in [-0.39, 0.29) is 30.1 Å². The summed E-state index contributed by atoms with van der Waals surface area (Å²) in [5, 5.41) is 5.26. The van der Waals surface area contributed by atoms with Crippen molar-refractivity contribution in [3.63, 3.8) is 0 Å². The Kier molecular flexibility index (Phi) is 5.86. The van der Waals surface area contributed by atoms with Crippen LogP contribution < -0.4 is 15.0 Å². The van der Waals surface area contributed by atoms with E-state index in [9.17, 15) is 14.4 Å². The number of thiazole rings is 1. The van der Waals surface area contributed by atoms with Crippen molar-refractivity contribution in [1.82, 2.24) is 9.88 Å². The number of benzene rings is 1. The smallest absolute Gasteiger partial charge is 0.267 e. The predicted octanol–water partition coefficient (Wildman–Crippen LogP) is 3.40. The number of methoxy groups -OCH3 is 1. The quantitative estimate of drug-likeness (QED) is 0.602. The molecule has 33 heavy (non-hydrogen) atoms. The molecule has 1 N–H and O–H groups in total. The molecule has 0 bridgehead atoms. The number of fused-ring (bicyclic) bond motifs is 1. The molecule has 2 aliphatic heterocycles. The van der Waals surface area contributed by atoms with Crippen molar-refractivity contribution >= 4 is 51.2 Å². The van der Waals surface area contributed by atoms with E-state index in [1.54, 1.807) is 29.0 Å². The van der Waals surface area contributed by atoms with Gasteiger partial charge in [-0.15, -0.1) is 11.3 Å². The number of carbonyl (C=O) groups is 3. The Labute approximate surface area is 198 Å². The summed E-state index contributed by atoms with van der Waals surface area (Å²) in [5.74, 6) is 0.0424. The maximum Gasteiger partial charge on any atom is 0.267 e. The van der Waals surface area contributed by atoms with Crippen molar-refractivity contribution in [2.75, 3.05) is 30.4 Å². The number of thiophene rings is 1. The van der Waals surface area contributed by atoms with Crippen molar-refractivity contribution in [3.05, 3.63) is 57.2 Å². The first-order valence-electron chi connectivity index (χ1n) is 10.6. The zero-order valence-electron chi connectivity index (χ0n) is 17.9. The minimum absolute atomic E-state index is 0.0167. The fourth-order valence-electron chi connectivity index (χ4n) is 4.16. The van der Waals surface area contributed by atoms with E-state index in [0.29, 0.717) is 41.8 Å². The molecule has 0 spiro atoms. The summed E-state index contributed by atoms with van der Waals surface area (Å²) in [6.45, 7) is 1.36. The van der Waals surface area contributed by atoms with Crippen LogP contribution in [0.2, 0.25) is 0 Å². The number of ether oxygens (including phenoxy) is 1. The van der Waals surface area contributed by atoms with Gasteiger partial charge in [0, 0.05) is 42.6 Å². The zero-order valence-corrected chi connectivity index (χ0v) is 19.6. The van der Waals surface area contributed by atoms with Gasteiger partial charge in [-0.1, -0.05) is 23.5 Å². The molecule has 1 atom stereocenters. The third-order valence-electron chi connectivity index (χ3n) is 5.85. The lowest BCUT2D eigenvalue weighted by Gasteiger charge is -2.28. The molecule has 3 amide bonds. The van der Waals surface area contributed by atoms with Crippen LogP contribution in [0.15, 0.2) is 41.8 Å². The van der Waals surface area contributed by atoms with Crippen molar-refractivity contribution in [1.29, 1.82) is 0 Å². The van der Waals surface area contributed by atoms with Gasteiger partial charge >= 0.3 is 0 Å². The summed E-state index contributed by atoms with van der Waals surface area (Å²) in [6.07, 6.45) is 0.830. The third-order valence-corrected chi connectivity index (χ3v) is 7.71. The van der Waals surface area contributed by atoms with Gasteiger partial charge in [0.15, 0.2) is 5.13 Å². The van der Waals surface area contributed by atoms with Crippen LogP contribution in [-0.2, 0) is 22.6 Å². The molecule has 1 saturated heterocycles. The van der Waals surface area contributed by atoms with Crippen LogP contribution in [0.3, 0.4) is 0 Å². The second-order valence-electron chi connectivity index (χ2n) is 7.94. The third kappa shape index (κ3) is 4.36. The lowest BCUT2D eigenvalue weighted by Crippen LogP contribution is -2.40. The van der Waals surface area contributed by atoms with Crippen molar-refractivity contribution in [2.45, 2.75) is 19.4 Å². The molecule has 10 heteroatoms. The number of carbonyl (C=O) groups excluding carboxylic acids is 3. The first kappa shape index (κ1) is 21.6. The second-order valence-corrected chi connectivity index (χ2v) is 9.97. The first-order chi connectivity index (χ1) is 16.0. The number of amides is 3. The number of aromatic nitrogens is 1. The Balaban J connectivity index is 1.24. The van der Waals surface area contributed by atoms with Gasteiger partial charge in [-0.05, 0) is 23.6 Å². The Bertz CT molecular complexity index is 1210. The summed E-state index contributed by atoms with van der Waals surface area (Å²) in [5.41, 5.74) is 1.66. The molecule has 1 aromatic carbocycles. The highest BCUT2D eigenvalue weighted by Crippen LogP contribution is 2.32. The molecule has 2 aliphatic rings. The highest BCUT2D eigenvalue weighted by molar-refractivity contribution is 7.16. The summed E-state index contributed by atoms with van der Waals surface area (Å²) in [4.78, 5) is 47.8. The molecular weight excluding hydrogens is 460 g/mol. The van der Waals surface area contributed by atoms with Gasteiger partial charge in [0.05, 0.1) is 30.1 Å². The maximum atomic E-state index is 13.2. The van der Waals surface area contributed by atoms with Crippen LogP contribution in [0.4, 0.5) is 10.8 Å². The summed E-state index contributed by atoms with van der Waals surface area (Å²) >= 11 is 2.78. The molecule has 0 radical (unpaired) electrons. The minimum Gasteiger partial charge on any atom is -0.497 e. The molecule has 170 valence electrons. The lowest BCUT2D eigenvalue weighted by molar-refractivity contribution is -0.136.